The minimum atomic E-state index is -1.09. The van der Waals surface area contributed by atoms with Gasteiger partial charge in [0.2, 0.25) is 0 Å². The number of carbonyl (C=O) groups is 3. The molecule has 152 valence electrons. The van der Waals surface area contributed by atoms with Crippen LogP contribution in [0.3, 0.4) is 0 Å². The Hall–Kier alpha value is -3.52. The zero-order chi connectivity index (χ0) is 21.1. The molecule has 1 aliphatic rings. The van der Waals surface area contributed by atoms with Gasteiger partial charge in [-0.05, 0) is 25.3 Å². The Balaban J connectivity index is 1.43. The smallest absolute Gasteiger partial charge is 0.322 e. The van der Waals surface area contributed by atoms with E-state index in [1.165, 1.54) is 11.3 Å². The van der Waals surface area contributed by atoms with Gasteiger partial charge in [0.05, 0.1) is 0 Å². The highest BCUT2D eigenvalue weighted by Crippen LogP contribution is 2.25. The normalized spacial score (nSPS) is 18.4. The molecule has 0 spiro atoms. The number of imide groups is 1. The molecule has 0 bridgehead atoms. The second-order valence-corrected chi connectivity index (χ2v) is 8.09. The zero-order valence-corrected chi connectivity index (χ0v) is 17.1. The molecule has 0 saturated carbocycles. The third kappa shape index (κ3) is 3.95. The summed E-state index contributed by atoms with van der Waals surface area (Å²) in [6.07, 6.45) is 1.04. The van der Waals surface area contributed by atoms with Crippen LogP contribution in [-0.4, -0.2) is 33.4 Å². The zero-order valence-electron chi connectivity index (χ0n) is 16.3. The Morgan fingerprint density at radius 2 is 1.77 bits per heavy atom. The number of hydrogen-bond acceptors (Lipinski definition) is 5. The number of aromatic nitrogens is 1. The molecule has 7 nitrogen and oxygen atoms in total. The molecule has 2 aromatic carbocycles. The van der Waals surface area contributed by atoms with Crippen LogP contribution >= 0.6 is 11.3 Å². The number of amides is 4. The first-order chi connectivity index (χ1) is 14.5. The molecule has 1 aromatic heterocycles. The summed E-state index contributed by atoms with van der Waals surface area (Å²) in [6.45, 7) is 1.67. The van der Waals surface area contributed by atoms with Crippen LogP contribution in [0.5, 0.6) is 0 Å². The topological polar surface area (TPSA) is 91.4 Å². The van der Waals surface area contributed by atoms with Crippen molar-refractivity contribution in [3.05, 3.63) is 77.3 Å². The fraction of sp³-hybridized carbons (Fsp3) is 0.182. The third-order valence-corrected chi connectivity index (χ3v) is 5.88. The highest BCUT2D eigenvalue weighted by molar-refractivity contribution is 7.13. The molecule has 1 fully saturated rings. The maximum Gasteiger partial charge on any atom is 0.344 e. The van der Waals surface area contributed by atoms with Gasteiger partial charge in [-0.2, -0.15) is 5.01 Å². The van der Waals surface area contributed by atoms with Crippen molar-refractivity contribution in [2.24, 2.45) is 0 Å². The summed E-state index contributed by atoms with van der Waals surface area (Å²) in [4.78, 5) is 42.1. The molecule has 1 aliphatic heterocycles. The summed E-state index contributed by atoms with van der Waals surface area (Å²) in [5, 5.41) is 5.73. The van der Waals surface area contributed by atoms with Crippen molar-refractivity contribution in [3.63, 3.8) is 0 Å². The summed E-state index contributed by atoms with van der Waals surface area (Å²) in [5.41, 5.74) is 3.42. The molecular weight excluding hydrogens is 400 g/mol. The van der Waals surface area contributed by atoms with E-state index in [0.29, 0.717) is 17.8 Å². The van der Waals surface area contributed by atoms with E-state index in [0.717, 1.165) is 16.1 Å². The third-order valence-electron chi connectivity index (χ3n) is 4.99. The first-order valence-electron chi connectivity index (χ1n) is 9.49. The van der Waals surface area contributed by atoms with Crippen molar-refractivity contribution in [1.29, 1.82) is 0 Å². The quantitative estimate of drug-likeness (QED) is 0.598. The minimum Gasteiger partial charge on any atom is -0.322 e. The largest absolute Gasteiger partial charge is 0.344 e. The first kappa shape index (κ1) is 19.8. The monoisotopic (exact) mass is 420 g/mol. The Kier molecular flexibility index (Phi) is 5.33. The number of nitrogens with zero attached hydrogens (tertiary/aromatic N) is 2. The Bertz CT molecular complexity index is 1080. The summed E-state index contributed by atoms with van der Waals surface area (Å²) < 4.78 is 0. The number of hydrazine groups is 1. The Morgan fingerprint density at radius 3 is 2.47 bits per heavy atom. The predicted octanol–water partition coefficient (Wildman–Crippen LogP) is 3.40. The van der Waals surface area contributed by atoms with Crippen LogP contribution in [0.25, 0.3) is 10.6 Å². The molecule has 3 aromatic rings. The molecule has 1 atom stereocenters. The van der Waals surface area contributed by atoms with Gasteiger partial charge in [0.25, 0.3) is 11.8 Å². The van der Waals surface area contributed by atoms with Crippen molar-refractivity contribution in [3.8, 4) is 10.6 Å². The van der Waals surface area contributed by atoms with Crippen molar-refractivity contribution in [2.45, 2.75) is 25.3 Å². The lowest BCUT2D eigenvalue weighted by molar-refractivity contribution is -0.132. The van der Waals surface area contributed by atoms with Gasteiger partial charge < -0.3 is 5.32 Å². The summed E-state index contributed by atoms with van der Waals surface area (Å²) >= 11 is 1.32. The van der Waals surface area contributed by atoms with Crippen molar-refractivity contribution in [1.82, 2.24) is 20.7 Å². The van der Waals surface area contributed by atoms with E-state index in [4.69, 9.17) is 0 Å². The van der Waals surface area contributed by atoms with Crippen LogP contribution < -0.4 is 10.7 Å². The van der Waals surface area contributed by atoms with Crippen LogP contribution in [0.1, 0.15) is 29.4 Å². The molecule has 1 unspecified atom stereocenters. The van der Waals surface area contributed by atoms with E-state index in [1.807, 2.05) is 60.7 Å². The van der Waals surface area contributed by atoms with Crippen LogP contribution in [0, 0.1) is 0 Å². The minimum absolute atomic E-state index is 0.150. The lowest BCUT2D eigenvalue weighted by atomic mass is 9.93. The number of nitrogens with one attached hydrogen (secondary N) is 2. The predicted molar refractivity (Wildman–Crippen MR) is 114 cm³/mol. The lowest BCUT2D eigenvalue weighted by Crippen LogP contribution is -2.49. The van der Waals surface area contributed by atoms with E-state index in [9.17, 15) is 14.4 Å². The average Bonchev–Trinajstić information content (AvgIpc) is 3.34. The molecule has 0 aliphatic carbocycles. The highest BCUT2D eigenvalue weighted by Gasteiger charge is 2.48. The molecule has 30 heavy (non-hydrogen) atoms. The number of benzene rings is 2. The second-order valence-electron chi connectivity index (χ2n) is 7.23. The number of carbonyl (C=O) groups excluding carboxylic acids is 3. The van der Waals surface area contributed by atoms with Crippen molar-refractivity contribution in [2.75, 3.05) is 0 Å². The summed E-state index contributed by atoms with van der Waals surface area (Å²) in [7, 11) is 0. The number of urea groups is 1. The van der Waals surface area contributed by atoms with Crippen molar-refractivity contribution >= 4 is 29.2 Å². The number of hydrogen-bond donors (Lipinski definition) is 2. The van der Waals surface area contributed by atoms with Gasteiger partial charge in [-0.1, -0.05) is 60.7 Å². The lowest BCUT2D eigenvalue weighted by Gasteiger charge is -2.21. The SMILES string of the molecule is CC1(CCc2ccccc2)NC(=O)N(NC(=O)c2csc(-c3ccccc3)n2)C1=O. The summed E-state index contributed by atoms with van der Waals surface area (Å²) in [5.74, 6) is -1.10. The molecule has 1 saturated heterocycles. The average molecular weight is 420 g/mol. The van der Waals surface area contributed by atoms with E-state index < -0.39 is 23.4 Å². The van der Waals surface area contributed by atoms with Gasteiger partial charge in [0.15, 0.2) is 0 Å². The van der Waals surface area contributed by atoms with Gasteiger partial charge >= 0.3 is 6.03 Å². The molecule has 8 heteroatoms. The van der Waals surface area contributed by atoms with Gasteiger partial charge in [-0.3, -0.25) is 15.0 Å². The van der Waals surface area contributed by atoms with Crippen LogP contribution in [0.4, 0.5) is 4.79 Å². The molecular formula is C22H20N4O3S. The molecule has 4 amide bonds. The number of rotatable bonds is 6. The number of thiazole rings is 1. The fourth-order valence-corrected chi connectivity index (χ4v) is 4.05. The van der Waals surface area contributed by atoms with E-state index in [2.05, 4.69) is 15.7 Å². The van der Waals surface area contributed by atoms with Gasteiger partial charge in [0.1, 0.15) is 16.2 Å². The summed E-state index contributed by atoms with van der Waals surface area (Å²) in [6, 6.07) is 18.5. The Labute approximate surface area is 177 Å². The molecule has 2 N–H and O–H groups in total. The fourth-order valence-electron chi connectivity index (χ4n) is 3.24. The maximum absolute atomic E-state index is 12.9. The first-order valence-corrected chi connectivity index (χ1v) is 10.4. The van der Waals surface area contributed by atoms with Crippen LogP contribution in [0.15, 0.2) is 66.0 Å². The number of aryl methyl sites for hydroxylation is 1. The van der Waals surface area contributed by atoms with Gasteiger partial charge in [-0.25, -0.2) is 9.78 Å². The molecule has 2 heterocycles. The molecule has 0 radical (unpaired) electrons. The standard InChI is InChI=1S/C22H20N4O3S/c1-22(13-12-15-8-4-2-5-9-15)20(28)26(21(29)24-22)25-18(27)17-14-30-19(23-17)16-10-6-3-7-11-16/h2-11,14H,12-13H2,1H3,(H,24,29)(H,25,27). The molecule has 4 rings (SSSR count). The van der Waals surface area contributed by atoms with Gasteiger partial charge in [-0.15, -0.1) is 11.3 Å². The van der Waals surface area contributed by atoms with E-state index in [1.54, 1.807) is 12.3 Å². The second kappa shape index (κ2) is 8.08. The van der Waals surface area contributed by atoms with E-state index >= 15 is 0 Å². The maximum atomic E-state index is 12.9. The van der Waals surface area contributed by atoms with Crippen LogP contribution in [0.2, 0.25) is 0 Å². The van der Waals surface area contributed by atoms with Gasteiger partial charge in [0, 0.05) is 10.9 Å². The highest BCUT2D eigenvalue weighted by atomic mass is 32.1. The Morgan fingerprint density at radius 1 is 1.10 bits per heavy atom. The van der Waals surface area contributed by atoms with Crippen molar-refractivity contribution < 1.29 is 14.4 Å². The van der Waals surface area contributed by atoms with E-state index in [-0.39, 0.29) is 5.69 Å². The van der Waals surface area contributed by atoms with Crippen LogP contribution in [-0.2, 0) is 11.2 Å².